The Labute approximate surface area is 321 Å². The molecule has 54 heavy (non-hydrogen) atoms. The highest BCUT2D eigenvalue weighted by molar-refractivity contribution is 5.93. The molecule has 2 bridgehead atoms. The molecule has 5 aliphatic rings. The first kappa shape index (κ1) is 34.1. The topological polar surface area (TPSA) is 3.24 Å². The highest BCUT2D eigenvalue weighted by Gasteiger charge is 2.37. The summed E-state index contributed by atoms with van der Waals surface area (Å²) < 4.78 is 0. The summed E-state index contributed by atoms with van der Waals surface area (Å²) >= 11 is 0. The largest absolute Gasteiger partial charge is 0.313 e. The molecule has 0 radical (unpaired) electrons. The first-order valence-corrected chi connectivity index (χ1v) is 19.8. The maximum atomic E-state index is 2.57. The summed E-state index contributed by atoms with van der Waals surface area (Å²) in [6.45, 7) is 11.1. The molecule has 0 saturated carbocycles. The number of hydrogen-bond acceptors (Lipinski definition) is 1. The molecule has 2 unspecified atom stereocenters. The van der Waals surface area contributed by atoms with Gasteiger partial charge in [-0.25, -0.2) is 0 Å². The summed E-state index contributed by atoms with van der Waals surface area (Å²) in [7, 11) is 0. The van der Waals surface area contributed by atoms with Crippen LogP contribution in [0.5, 0.6) is 0 Å². The minimum atomic E-state index is 0.237. The summed E-state index contributed by atoms with van der Waals surface area (Å²) in [5.74, 6) is 0.636. The van der Waals surface area contributed by atoms with Crippen molar-refractivity contribution in [3.8, 4) is 0 Å². The monoisotopic (exact) mass is 699 g/mol. The van der Waals surface area contributed by atoms with Crippen molar-refractivity contribution in [1.82, 2.24) is 0 Å². The number of aryl methyl sites for hydroxylation is 3. The molecular weight excluding hydrogens is 651 g/mol. The number of nitrogens with zero attached hydrogens (tertiary/aromatic N) is 1. The van der Waals surface area contributed by atoms with E-state index in [1.807, 2.05) is 0 Å². The standard InChI is InChI=1S/C53H49N/c1-34-17-23-44(24-18-34)54(45-25-19-35(2)20-26-45)53-48-15-8-6-13-46(48)52(47-14-7-9-16-49(47)53)43-30-38(5)29-42(32-43)50-31-36(3)11-10-12-39-27-37(4)28-40-21-22-41(50)33-51(39)40/h6-8,10-11,13-14,17-33,39,48H,9,12,15-16H2,1-5H3/b11-10-,36-31?,50-41?. The van der Waals surface area contributed by atoms with Crippen molar-refractivity contribution >= 4 is 28.6 Å². The number of hydrogen-bond donors (Lipinski definition) is 0. The highest BCUT2D eigenvalue weighted by Crippen LogP contribution is 2.52. The summed E-state index contributed by atoms with van der Waals surface area (Å²) in [6, 6.07) is 32.6. The van der Waals surface area contributed by atoms with Gasteiger partial charge in [0.05, 0.1) is 0 Å². The molecule has 0 amide bonds. The third-order valence-corrected chi connectivity index (χ3v) is 11.8. The molecule has 1 nitrogen and oxygen atoms in total. The van der Waals surface area contributed by atoms with E-state index in [0.29, 0.717) is 5.92 Å². The van der Waals surface area contributed by atoms with E-state index in [1.54, 1.807) is 0 Å². The molecule has 0 saturated heterocycles. The van der Waals surface area contributed by atoms with Crippen molar-refractivity contribution in [1.29, 1.82) is 0 Å². The molecule has 0 fully saturated rings. The van der Waals surface area contributed by atoms with Crippen LogP contribution in [-0.4, -0.2) is 0 Å². The van der Waals surface area contributed by atoms with Crippen LogP contribution in [0.25, 0.3) is 17.2 Å². The van der Waals surface area contributed by atoms with Crippen LogP contribution in [0.2, 0.25) is 0 Å². The van der Waals surface area contributed by atoms with E-state index in [2.05, 4.69) is 185 Å². The van der Waals surface area contributed by atoms with Crippen molar-refractivity contribution in [2.24, 2.45) is 5.92 Å². The van der Waals surface area contributed by atoms with Gasteiger partial charge in [0, 0.05) is 28.9 Å². The smallest absolute Gasteiger partial charge is 0.0458 e. The zero-order valence-corrected chi connectivity index (χ0v) is 32.3. The second kappa shape index (κ2) is 14.0. The molecule has 4 aromatic rings. The number of benzene rings is 4. The maximum absolute atomic E-state index is 2.57. The summed E-state index contributed by atoms with van der Waals surface area (Å²) in [6.07, 6.45) is 27.8. The average molecular weight is 700 g/mol. The zero-order chi connectivity index (χ0) is 36.9. The van der Waals surface area contributed by atoms with E-state index in [9.17, 15) is 0 Å². The fraction of sp³-hybridized carbons (Fsp3) is 0.208. The third-order valence-electron chi connectivity index (χ3n) is 11.8. The fourth-order valence-corrected chi connectivity index (χ4v) is 9.29. The van der Waals surface area contributed by atoms with Gasteiger partial charge >= 0.3 is 0 Å². The highest BCUT2D eigenvalue weighted by atomic mass is 15.2. The molecule has 4 aromatic carbocycles. The fourth-order valence-electron chi connectivity index (χ4n) is 9.29. The molecule has 0 aromatic heterocycles. The van der Waals surface area contributed by atoms with Crippen LogP contribution < -0.4 is 15.3 Å². The molecule has 2 atom stereocenters. The van der Waals surface area contributed by atoms with Gasteiger partial charge in [-0.1, -0.05) is 132 Å². The van der Waals surface area contributed by atoms with E-state index in [4.69, 9.17) is 0 Å². The lowest BCUT2D eigenvalue weighted by atomic mass is 9.70. The van der Waals surface area contributed by atoms with Crippen LogP contribution in [-0.2, 0) is 0 Å². The first-order chi connectivity index (χ1) is 26.3. The van der Waals surface area contributed by atoms with Crippen LogP contribution in [0.4, 0.5) is 11.4 Å². The van der Waals surface area contributed by atoms with E-state index in [-0.39, 0.29) is 5.92 Å². The zero-order valence-electron chi connectivity index (χ0n) is 32.3. The van der Waals surface area contributed by atoms with Crippen LogP contribution in [0.15, 0.2) is 173 Å². The summed E-state index contributed by atoms with van der Waals surface area (Å²) in [5, 5.41) is 2.64. The molecule has 0 heterocycles. The van der Waals surface area contributed by atoms with Gasteiger partial charge in [0.2, 0.25) is 0 Å². The lowest BCUT2D eigenvalue weighted by molar-refractivity contribution is 0.690. The van der Waals surface area contributed by atoms with Gasteiger partial charge in [-0.15, -0.1) is 0 Å². The van der Waals surface area contributed by atoms with E-state index in [0.717, 1.165) is 25.7 Å². The van der Waals surface area contributed by atoms with Gasteiger partial charge < -0.3 is 4.90 Å². The van der Waals surface area contributed by atoms with Crippen LogP contribution in [0.1, 0.15) is 78.8 Å². The number of allylic oxidation sites excluding steroid dienone is 15. The van der Waals surface area contributed by atoms with E-state index >= 15 is 0 Å². The summed E-state index contributed by atoms with van der Waals surface area (Å²) in [4.78, 5) is 2.57. The lowest BCUT2D eigenvalue weighted by Crippen LogP contribution is -2.30. The van der Waals surface area contributed by atoms with Gasteiger partial charge in [0.1, 0.15) is 0 Å². The minimum absolute atomic E-state index is 0.237. The van der Waals surface area contributed by atoms with Gasteiger partial charge in [-0.3, -0.25) is 0 Å². The Kier molecular flexibility index (Phi) is 8.82. The van der Waals surface area contributed by atoms with Crippen LogP contribution >= 0.6 is 0 Å². The van der Waals surface area contributed by atoms with Gasteiger partial charge in [0.25, 0.3) is 0 Å². The predicted molar refractivity (Wildman–Crippen MR) is 230 cm³/mol. The Morgan fingerprint density at radius 3 is 2.11 bits per heavy atom. The Balaban J connectivity index is 1.28. The molecule has 266 valence electrons. The van der Waals surface area contributed by atoms with E-state index < -0.39 is 0 Å². The van der Waals surface area contributed by atoms with Crippen molar-refractivity contribution in [2.45, 2.75) is 66.2 Å². The Morgan fingerprint density at radius 1 is 0.611 bits per heavy atom. The van der Waals surface area contributed by atoms with Crippen LogP contribution in [0.3, 0.4) is 0 Å². The lowest BCUT2D eigenvalue weighted by Gasteiger charge is -2.42. The number of rotatable bonds is 5. The van der Waals surface area contributed by atoms with Crippen molar-refractivity contribution in [2.75, 3.05) is 4.90 Å². The van der Waals surface area contributed by atoms with Crippen molar-refractivity contribution in [3.05, 3.63) is 217 Å². The molecule has 0 spiro atoms. The molecule has 5 aliphatic carbocycles. The number of fused-ring (bicyclic) bond motifs is 3. The van der Waals surface area contributed by atoms with Crippen molar-refractivity contribution < 1.29 is 0 Å². The predicted octanol–water partition coefficient (Wildman–Crippen LogP) is 12.3. The van der Waals surface area contributed by atoms with E-state index in [1.165, 1.54) is 99.9 Å². The first-order valence-electron chi connectivity index (χ1n) is 19.8. The quantitative estimate of drug-likeness (QED) is 0.200. The molecule has 9 rings (SSSR count). The molecule has 0 N–H and O–H groups in total. The van der Waals surface area contributed by atoms with Gasteiger partial charge in [0.15, 0.2) is 0 Å². The second-order valence-corrected chi connectivity index (χ2v) is 16.0. The molecule has 0 aliphatic heterocycles. The molecule has 1 heteroatoms. The average Bonchev–Trinajstić information content (AvgIpc) is 3.17. The van der Waals surface area contributed by atoms with Crippen molar-refractivity contribution in [3.63, 3.8) is 0 Å². The Hall–Kier alpha value is -5.66. The van der Waals surface area contributed by atoms with Crippen LogP contribution in [0, 0.1) is 26.7 Å². The minimum Gasteiger partial charge on any atom is -0.313 e. The SMILES string of the molecule is CC1=CC2C/C=C\C(C)=CC(c3cc(C)cc(C4=C5C=CCCC5=C(N(c5ccc(C)cc5)c5ccc(C)cc5)C5CC=CC=C45)c3)=c3ccc(c2c3)=C1. The Bertz CT molecular complexity index is 2520. The summed E-state index contributed by atoms with van der Waals surface area (Å²) in [5.41, 5.74) is 21.3. The Morgan fingerprint density at radius 2 is 1.35 bits per heavy atom. The second-order valence-electron chi connectivity index (χ2n) is 16.0. The third kappa shape index (κ3) is 6.26. The maximum Gasteiger partial charge on any atom is 0.0458 e. The number of anilines is 2. The normalized spacial score (nSPS) is 20.7. The molecular formula is C53H49N. The van der Waals surface area contributed by atoms with Gasteiger partial charge in [-0.2, -0.15) is 0 Å². The van der Waals surface area contributed by atoms with Gasteiger partial charge in [-0.05, 0) is 157 Å².